The Hall–Kier alpha value is -2.34. The first-order valence-corrected chi connectivity index (χ1v) is 11.6. The minimum atomic E-state index is -0.435. The summed E-state index contributed by atoms with van der Waals surface area (Å²) < 4.78 is 13.8. The lowest BCUT2D eigenvalue weighted by molar-refractivity contribution is -0.115. The molecular weight excluding hydrogens is 391 g/mol. The van der Waals surface area contributed by atoms with Gasteiger partial charge in [-0.05, 0) is 57.7 Å². The van der Waals surface area contributed by atoms with Crippen molar-refractivity contribution in [3.63, 3.8) is 0 Å². The Bertz CT molecular complexity index is 902. The molecule has 1 saturated heterocycles. The van der Waals surface area contributed by atoms with Crippen molar-refractivity contribution in [3.05, 3.63) is 52.9 Å². The summed E-state index contributed by atoms with van der Waals surface area (Å²) in [6, 6.07) is 6.20. The Morgan fingerprint density at radius 1 is 1.10 bits per heavy atom. The summed E-state index contributed by atoms with van der Waals surface area (Å²) >= 11 is 0. The van der Waals surface area contributed by atoms with Crippen LogP contribution in [0.3, 0.4) is 0 Å². The Balaban J connectivity index is 1.38. The lowest BCUT2D eigenvalue weighted by Gasteiger charge is -2.26. The van der Waals surface area contributed by atoms with Crippen LogP contribution in [0.4, 0.5) is 10.1 Å². The molecule has 2 aromatic rings. The fourth-order valence-electron chi connectivity index (χ4n) is 5.07. The van der Waals surface area contributed by atoms with Crippen molar-refractivity contribution in [1.82, 2.24) is 14.9 Å². The smallest absolute Gasteiger partial charge is 0.229 e. The molecule has 1 saturated carbocycles. The minimum absolute atomic E-state index is 0.144. The molecular formula is C25H33FN4O. The topological polar surface area (TPSA) is 58.1 Å². The monoisotopic (exact) mass is 424 g/mol. The summed E-state index contributed by atoms with van der Waals surface area (Å²) in [5.74, 6) is 1.43. The van der Waals surface area contributed by atoms with Crippen LogP contribution in [0.2, 0.25) is 0 Å². The molecule has 0 unspecified atom stereocenters. The predicted molar refractivity (Wildman–Crippen MR) is 121 cm³/mol. The van der Waals surface area contributed by atoms with E-state index in [2.05, 4.69) is 10.2 Å². The van der Waals surface area contributed by atoms with Gasteiger partial charge < -0.3 is 10.2 Å². The largest absolute Gasteiger partial charge is 0.323 e. The number of nitrogens with one attached hydrogen (secondary N) is 1. The molecule has 1 atom stereocenters. The van der Waals surface area contributed by atoms with Gasteiger partial charge in [0.2, 0.25) is 5.91 Å². The highest BCUT2D eigenvalue weighted by molar-refractivity contribution is 5.92. The van der Waals surface area contributed by atoms with E-state index in [4.69, 9.17) is 9.97 Å². The average molecular weight is 425 g/mol. The number of para-hydroxylation sites is 1. The summed E-state index contributed by atoms with van der Waals surface area (Å²) in [4.78, 5) is 24.6. The van der Waals surface area contributed by atoms with Crippen molar-refractivity contribution in [2.24, 2.45) is 5.92 Å². The fraction of sp³-hybridized carbons (Fsp3) is 0.560. The van der Waals surface area contributed by atoms with Gasteiger partial charge in [0, 0.05) is 36.0 Å². The Morgan fingerprint density at radius 3 is 2.52 bits per heavy atom. The van der Waals surface area contributed by atoms with Crippen molar-refractivity contribution in [2.45, 2.75) is 64.7 Å². The number of aryl methyl sites for hydroxylation is 2. The summed E-state index contributed by atoms with van der Waals surface area (Å²) in [6.45, 7) is 7.25. The molecule has 166 valence electrons. The predicted octanol–water partition coefficient (Wildman–Crippen LogP) is 4.78. The van der Waals surface area contributed by atoms with Gasteiger partial charge in [-0.3, -0.25) is 4.79 Å². The summed E-state index contributed by atoms with van der Waals surface area (Å²) in [5.41, 5.74) is 2.72. The summed E-state index contributed by atoms with van der Waals surface area (Å²) in [7, 11) is 0. The second kappa shape index (κ2) is 9.86. The zero-order valence-electron chi connectivity index (χ0n) is 18.7. The van der Waals surface area contributed by atoms with Gasteiger partial charge >= 0.3 is 0 Å². The van der Waals surface area contributed by atoms with Crippen molar-refractivity contribution < 1.29 is 9.18 Å². The quantitative estimate of drug-likeness (QED) is 0.725. The molecule has 2 aliphatic rings. The lowest BCUT2D eigenvalue weighted by Crippen LogP contribution is -2.28. The summed E-state index contributed by atoms with van der Waals surface area (Å²) in [6.07, 6.45) is 8.16. The molecule has 1 N–H and O–H groups in total. The number of nitrogens with zero attached hydrogens (tertiary/aromatic N) is 3. The van der Waals surface area contributed by atoms with Crippen molar-refractivity contribution in [3.8, 4) is 0 Å². The van der Waals surface area contributed by atoms with E-state index in [0.717, 1.165) is 48.2 Å². The Kier molecular flexibility index (Phi) is 6.96. The van der Waals surface area contributed by atoms with Crippen LogP contribution in [0.15, 0.2) is 24.3 Å². The van der Waals surface area contributed by atoms with Crippen LogP contribution >= 0.6 is 0 Å². The van der Waals surface area contributed by atoms with Crippen molar-refractivity contribution in [2.75, 3.05) is 25.0 Å². The number of halogens is 1. The van der Waals surface area contributed by atoms with E-state index in [9.17, 15) is 9.18 Å². The summed E-state index contributed by atoms with van der Waals surface area (Å²) in [5, 5.41) is 2.65. The number of hydrogen-bond donors (Lipinski definition) is 1. The van der Waals surface area contributed by atoms with Gasteiger partial charge in [-0.25, -0.2) is 14.4 Å². The van der Waals surface area contributed by atoms with Crippen molar-refractivity contribution >= 4 is 11.6 Å². The average Bonchev–Trinajstić information content (AvgIpc) is 3.21. The number of likely N-dealkylation sites (tertiary alicyclic amines) is 1. The highest BCUT2D eigenvalue weighted by atomic mass is 19.1. The molecule has 6 heteroatoms. The molecule has 5 nitrogen and oxygen atoms in total. The van der Waals surface area contributed by atoms with E-state index in [1.807, 2.05) is 13.8 Å². The van der Waals surface area contributed by atoms with E-state index in [0.29, 0.717) is 5.92 Å². The third kappa shape index (κ3) is 5.48. The molecule has 31 heavy (non-hydrogen) atoms. The highest BCUT2D eigenvalue weighted by Gasteiger charge is 2.29. The van der Waals surface area contributed by atoms with E-state index in [1.54, 1.807) is 18.2 Å². The Morgan fingerprint density at radius 2 is 1.81 bits per heavy atom. The number of benzene rings is 1. The number of anilines is 1. The van der Waals surface area contributed by atoms with E-state index in [-0.39, 0.29) is 18.0 Å². The first-order chi connectivity index (χ1) is 15.0. The SMILES string of the molecule is Cc1nc([C@H]2CCN(CC3CCCCC3)C2)nc(C)c1CC(=O)Nc1ccccc1F. The molecule has 1 aromatic carbocycles. The third-order valence-electron chi connectivity index (χ3n) is 6.80. The molecule has 4 rings (SSSR count). The minimum Gasteiger partial charge on any atom is -0.323 e. The number of rotatable bonds is 6. The molecule has 0 radical (unpaired) electrons. The van der Waals surface area contributed by atoms with Gasteiger partial charge in [0.1, 0.15) is 11.6 Å². The molecule has 0 spiro atoms. The van der Waals surface area contributed by atoms with Crippen LogP contribution in [0, 0.1) is 25.6 Å². The van der Waals surface area contributed by atoms with E-state index in [1.165, 1.54) is 44.7 Å². The van der Waals surface area contributed by atoms with Crippen LogP contribution in [-0.4, -0.2) is 40.4 Å². The maximum atomic E-state index is 13.8. The molecule has 1 aliphatic heterocycles. The molecule has 2 fully saturated rings. The molecule has 2 heterocycles. The molecule has 1 amide bonds. The van der Waals surface area contributed by atoms with Crippen LogP contribution < -0.4 is 5.32 Å². The normalized spacial score (nSPS) is 20.2. The zero-order chi connectivity index (χ0) is 21.8. The van der Waals surface area contributed by atoms with Gasteiger partial charge in [0.05, 0.1) is 12.1 Å². The van der Waals surface area contributed by atoms with Gasteiger partial charge in [-0.2, -0.15) is 0 Å². The van der Waals surface area contributed by atoms with Crippen LogP contribution in [0.5, 0.6) is 0 Å². The van der Waals surface area contributed by atoms with Crippen LogP contribution in [0.25, 0.3) is 0 Å². The highest BCUT2D eigenvalue weighted by Crippen LogP contribution is 2.30. The third-order valence-corrected chi connectivity index (χ3v) is 6.80. The maximum Gasteiger partial charge on any atom is 0.229 e. The molecule has 1 aromatic heterocycles. The Labute approximate surface area is 184 Å². The maximum absolute atomic E-state index is 13.8. The first-order valence-electron chi connectivity index (χ1n) is 11.6. The van der Waals surface area contributed by atoms with Gasteiger partial charge in [-0.15, -0.1) is 0 Å². The number of carbonyl (C=O) groups excluding carboxylic acids is 1. The first kappa shape index (κ1) is 21.9. The van der Waals surface area contributed by atoms with Gasteiger partial charge in [-0.1, -0.05) is 31.4 Å². The zero-order valence-corrected chi connectivity index (χ0v) is 18.7. The van der Waals surface area contributed by atoms with Gasteiger partial charge in [0.15, 0.2) is 0 Å². The van der Waals surface area contributed by atoms with Crippen molar-refractivity contribution in [1.29, 1.82) is 0 Å². The number of amides is 1. The van der Waals surface area contributed by atoms with Gasteiger partial charge in [0.25, 0.3) is 0 Å². The fourth-order valence-corrected chi connectivity index (χ4v) is 5.07. The molecule has 1 aliphatic carbocycles. The standard InChI is InChI=1S/C25H33FN4O/c1-17-21(14-24(31)29-23-11-7-6-10-22(23)26)18(2)28-25(27-17)20-12-13-30(16-20)15-19-8-4-3-5-9-19/h6-7,10-11,19-20H,3-5,8-9,12-16H2,1-2H3,(H,29,31)/t20-/m0/s1. The van der Waals surface area contributed by atoms with Crippen LogP contribution in [-0.2, 0) is 11.2 Å². The number of aromatic nitrogens is 2. The van der Waals surface area contributed by atoms with E-state index < -0.39 is 5.82 Å². The molecule has 0 bridgehead atoms. The second-order valence-corrected chi connectivity index (χ2v) is 9.19. The lowest BCUT2D eigenvalue weighted by atomic mass is 9.89. The van der Waals surface area contributed by atoms with E-state index >= 15 is 0 Å². The van der Waals surface area contributed by atoms with Crippen LogP contribution in [0.1, 0.15) is 67.2 Å². The second-order valence-electron chi connectivity index (χ2n) is 9.19. The number of hydrogen-bond acceptors (Lipinski definition) is 4. The number of carbonyl (C=O) groups is 1.